The lowest BCUT2D eigenvalue weighted by Crippen LogP contribution is -2.31. The van der Waals surface area contributed by atoms with Crippen molar-refractivity contribution in [3.63, 3.8) is 0 Å². The molecule has 0 N–H and O–H groups in total. The summed E-state index contributed by atoms with van der Waals surface area (Å²) < 4.78 is 20.2. The predicted octanol–water partition coefficient (Wildman–Crippen LogP) is 3.11. The third-order valence-corrected chi connectivity index (χ3v) is 5.84. The molecule has 1 aliphatic heterocycles. The molecule has 0 unspecified atom stereocenters. The van der Waals surface area contributed by atoms with Gasteiger partial charge in [-0.3, -0.25) is 0 Å². The maximum absolute atomic E-state index is 14.0. The van der Waals surface area contributed by atoms with Crippen LogP contribution in [0, 0.1) is 9.49 Å². The molecule has 2 aromatic rings. The first-order valence-electron chi connectivity index (χ1n) is 6.73. The van der Waals surface area contributed by atoms with E-state index in [1.807, 2.05) is 4.90 Å². The molecule has 22 heavy (non-hydrogen) atoms. The normalized spacial score (nSPS) is 27.6. The summed E-state index contributed by atoms with van der Waals surface area (Å²) in [5, 5.41) is 1.19. The van der Waals surface area contributed by atoms with Gasteiger partial charge in [0.15, 0.2) is 0 Å². The number of pyridine rings is 1. The Labute approximate surface area is 149 Å². The molecule has 2 aliphatic rings. The van der Waals surface area contributed by atoms with Crippen LogP contribution < -0.4 is 4.90 Å². The molecule has 5 nitrogen and oxygen atoms in total. The molecule has 0 radical (unpaired) electrons. The summed E-state index contributed by atoms with van der Waals surface area (Å²) in [6.45, 7) is 1.53. The molecule has 2 fully saturated rings. The zero-order chi connectivity index (χ0) is 15.4. The van der Waals surface area contributed by atoms with Crippen molar-refractivity contribution in [1.29, 1.82) is 0 Å². The van der Waals surface area contributed by atoms with E-state index in [-0.39, 0.29) is 17.2 Å². The van der Waals surface area contributed by atoms with Crippen molar-refractivity contribution in [2.45, 2.75) is 12.2 Å². The van der Waals surface area contributed by atoms with Crippen molar-refractivity contribution in [3.8, 4) is 0 Å². The van der Waals surface area contributed by atoms with Gasteiger partial charge in [0.1, 0.15) is 17.1 Å². The van der Waals surface area contributed by atoms with Gasteiger partial charge in [0, 0.05) is 18.7 Å². The second-order valence-corrected chi connectivity index (χ2v) is 7.08. The van der Waals surface area contributed by atoms with Crippen LogP contribution >= 0.6 is 45.8 Å². The van der Waals surface area contributed by atoms with Crippen LogP contribution in [-0.2, 0) is 4.74 Å². The van der Waals surface area contributed by atoms with E-state index in [1.165, 1.54) is 0 Å². The Balaban J connectivity index is 1.89. The Bertz CT molecular complexity index is 764. The number of fused-ring (bicyclic) bond motifs is 2. The molecular weight excluding hydrogens is 445 g/mol. The molecule has 2 aromatic heterocycles. The maximum atomic E-state index is 14.0. The minimum absolute atomic E-state index is 0.106. The van der Waals surface area contributed by atoms with E-state index in [9.17, 15) is 4.39 Å². The maximum Gasteiger partial charge on any atom is 0.224 e. The minimum atomic E-state index is -0.900. The van der Waals surface area contributed by atoms with E-state index >= 15 is 0 Å². The lowest BCUT2D eigenvalue weighted by atomic mass is 10.2. The summed E-state index contributed by atoms with van der Waals surface area (Å²) in [7, 11) is 0. The topological polar surface area (TPSA) is 51.1 Å². The molecule has 1 saturated heterocycles. The van der Waals surface area contributed by atoms with Gasteiger partial charge in [-0.25, -0.2) is 14.4 Å². The SMILES string of the molecule is F[C@H]1[C@@H]2COCCN(c3nc(Cl)nc4c(I)c(Cl)ncc34)[C@@H]12. The number of aromatic nitrogens is 3. The standard InChI is InChI=1S/C13H10Cl2FIN4O/c14-11-8(17)9-5(3-18-11)12(20-13(15)19-9)21-1-2-22-4-6-7(16)10(6)21/h3,6-7,10H,1-2,4H2/t6-,7-,10+/m0/s1. The molecule has 0 aromatic carbocycles. The first-order chi connectivity index (χ1) is 10.6. The Hall–Kier alpha value is -0.510. The van der Waals surface area contributed by atoms with E-state index in [1.54, 1.807) is 6.20 Å². The molecule has 0 spiro atoms. The summed E-state index contributed by atoms with van der Waals surface area (Å²) in [5.41, 5.74) is 0.633. The first kappa shape index (κ1) is 15.0. The van der Waals surface area contributed by atoms with Crippen LogP contribution in [0.5, 0.6) is 0 Å². The average Bonchev–Trinajstić information content (AvgIpc) is 3.18. The van der Waals surface area contributed by atoms with Crippen LogP contribution in [0.4, 0.5) is 10.2 Å². The molecule has 3 heterocycles. The summed E-state index contributed by atoms with van der Waals surface area (Å²) in [6, 6.07) is -0.218. The number of ether oxygens (including phenoxy) is 1. The second-order valence-electron chi connectivity index (χ2n) is 5.31. The molecule has 4 rings (SSSR count). The number of hydrogen-bond acceptors (Lipinski definition) is 5. The van der Waals surface area contributed by atoms with Crippen molar-refractivity contribution in [2.24, 2.45) is 5.92 Å². The summed E-state index contributed by atoms with van der Waals surface area (Å²) in [4.78, 5) is 14.6. The predicted molar refractivity (Wildman–Crippen MR) is 90.4 cm³/mol. The largest absolute Gasteiger partial charge is 0.379 e. The monoisotopic (exact) mass is 454 g/mol. The molecule has 9 heteroatoms. The van der Waals surface area contributed by atoms with Crippen molar-refractivity contribution >= 4 is 62.5 Å². The highest BCUT2D eigenvalue weighted by atomic mass is 127. The highest BCUT2D eigenvalue weighted by molar-refractivity contribution is 14.1. The second kappa shape index (κ2) is 5.54. The van der Waals surface area contributed by atoms with Crippen LogP contribution in [-0.4, -0.2) is 46.9 Å². The lowest BCUT2D eigenvalue weighted by molar-refractivity contribution is 0.131. The third-order valence-electron chi connectivity index (χ3n) is 4.05. The van der Waals surface area contributed by atoms with E-state index < -0.39 is 6.17 Å². The summed E-state index contributed by atoms with van der Waals surface area (Å²) >= 11 is 14.2. The number of hydrogen-bond donors (Lipinski definition) is 0. The van der Waals surface area contributed by atoms with Crippen LogP contribution in [0.2, 0.25) is 10.4 Å². The Kier molecular flexibility index (Phi) is 3.79. The number of halogens is 4. The van der Waals surface area contributed by atoms with Gasteiger partial charge < -0.3 is 9.64 Å². The van der Waals surface area contributed by atoms with Crippen LogP contribution in [0.25, 0.3) is 10.9 Å². The zero-order valence-corrected chi connectivity index (χ0v) is 14.8. The smallest absolute Gasteiger partial charge is 0.224 e. The summed E-state index contributed by atoms with van der Waals surface area (Å²) in [6.07, 6.45) is 0.713. The van der Waals surface area contributed by atoms with Gasteiger partial charge in [0.05, 0.1) is 33.7 Å². The number of nitrogens with zero attached hydrogens (tertiary/aromatic N) is 4. The van der Waals surface area contributed by atoms with Crippen LogP contribution in [0.15, 0.2) is 6.20 Å². The highest BCUT2D eigenvalue weighted by Crippen LogP contribution is 2.44. The molecular formula is C13H10Cl2FIN4O. The lowest BCUT2D eigenvalue weighted by Gasteiger charge is -2.23. The first-order valence-corrected chi connectivity index (χ1v) is 8.57. The zero-order valence-electron chi connectivity index (χ0n) is 11.1. The summed E-state index contributed by atoms with van der Waals surface area (Å²) in [5.74, 6) is 0.489. The van der Waals surface area contributed by atoms with Gasteiger partial charge in [-0.05, 0) is 34.2 Å². The Morgan fingerprint density at radius 2 is 2.18 bits per heavy atom. The fraction of sp³-hybridized carbons (Fsp3) is 0.462. The Morgan fingerprint density at radius 1 is 1.36 bits per heavy atom. The minimum Gasteiger partial charge on any atom is -0.379 e. The van der Waals surface area contributed by atoms with E-state index in [0.29, 0.717) is 39.8 Å². The molecule has 0 amide bonds. The van der Waals surface area contributed by atoms with Crippen LogP contribution in [0.1, 0.15) is 0 Å². The fourth-order valence-corrected chi connectivity index (χ4v) is 3.75. The quantitative estimate of drug-likeness (QED) is 0.376. The van der Waals surface area contributed by atoms with Gasteiger partial charge >= 0.3 is 0 Å². The van der Waals surface area contributed by atoms with Gasteiger partial charge in [-0.1, -0.05) is 11.6 Å². The molecule has 3 atom stereocenters. The van der Waals surface area contributed by atoms with Crippen LogP contribution in [0.3, 0.4) is 0 Å². The average molecular weight is 455 g/mol. The Morgan fingerprint density at radius 3 is 3.00 bits per heavy atom. The van der Waals surface area contributed by atoms with Crippen molar-refractivity contribution in [2.75, 3.05) is 24.7 Å². The van der Waals surface area contributed by atoms with Crippen molar-refractivity contribution in [3.05, 3.63) is 20.2 Å². The molecule has 1 aliphatic carbocycles. The molecule has 0 bridgehead atoms. The van der Waals surface area contributed by atoms with Gasteiger partial charge in [0.25, 0.3) is 0 Å². The highest BCUT2D eigenvalue weighted by Gasteiger charge is 2.56. The van der Waals surface area contributed by atoms with Gasteiger partial charge in [0.2, 0.25) is 5.28 Å². The van der Waals surface area contributed by atoms with E-state index in [0.717, 1.165) is 5.39 Å². The van der Waals surface area contributed by atoms with Crippen molar-refractivity contribution in [1.82, 2.24) is 15.0 Å². The molecule has 1 saturated carbocycles. The number of alkyl halides is 1. The van der Waals surface area contributed by atoms with E-state index in [4.69, 9.17) is 27.9 Å². The molecule has 116 valence electrons. The third kappa shape index (κ3) is 2.33. The van der Waals surface area contributed by atoms with E-state index in [2.05, 4.69) is 37.5 Å². The number of anilines is 1. The fourth-order valence-electron chi connectivity index (χ4n) is 2.90. The van der Waals surface area contributed by atoms with Gasteiger partial charge in [-0.15, -0.1) is 0 Å². The van der Waals surface area contributed by atoms with Crippen molar-refractivity contribution < 1.29 is 9.13 Å². The van der Waals surface area contributed by atoms with Gasteiger partial charge in [-0.2, -0.15) is 4.98 Å². The number of rotatable bonds is 1.